The molecule has 1 N–H and O–H groups in total. The van der Waals surface area contributed by atoms with E-state index in [1.807, 2.05) is 42.5 Å². The van der Waals surface area contributed by atoms with Crippen molar-refractivity contribution in [3.8, 4) is 0 Å². The van der Waals surface area contributed by atoms with Gasteiger partial charge in [0.1, 0.15) is 0 Å². The predicted octanol–water partition coefficient (Wildman–Crippen LogP) is 4.46. The van der Waals surface area contributed by atoms with Crippen molar-refractivity contribution in [1.29, 1.82) is 0 Å². The van der Waals surface area contributed by atoms with Gasteiger partial charge in [-0.25, -0.2) is 5.43 Å². The summed E-state index contributed by atoms with van der Waals surface area (Å²) >= 11 is 0. The second kappa shape index (κ2) is 8.52. The van der Waals surface area contributed by atoms with E-state index in [0.29, 0.717) is 12.6 Å². The number of carbonyl (C=O) groups excluding carboxylic acids is 1. The van der Waals surface area contributed by atoms with Crippen LogP contribution in [0, 0.1) is 6.92 Å². The molecule has 0 spiro atoms. The summed E-state index contributed by atoms with van der Waals surface area (Å²) in [6, 6.07) is 17.1. The van der Waals surface area contributed by atoms with E-state index < -0.39 is 0 Å². The quantitative estimate of drug-likeness (QED) is 0.497. The number of rotatable bonds is 5. The molecule has 5 rings (SSSR count). The van der Waals surface area contributed by atoms with E-state index in [9.17, 15) is 4.79 Å². The fourth-order valence-corrected chi connectivity index (χ4v) is 5.07. The van der Waals surface area contributed by atoms with Gasteiger partial charge in [0.2, 0.25) is 0 Å². The molecule has 0 saturated carbocycles. The Kier molecular flexibility index (Phi) is 5.43. The number of aromatic nitrogens is 1. The molecule has 0 radical (unpaired) electrons. The van der Waals surface area contributed by atoms with Gasteiger partial charge in [-0.2, -0.15) is 5.10 Å². The lowest BCUT2D eigenvalue weighted by Crippen LogP contribution is -2.44. The van der Waals surface area contributed by atoms with Crippen molar-refractivity contribution in [2.45, 2.75) is 38.8 Å². The van der Waals surface area contributed by atoms with Crippen LogP contribution >= 0.6 is 0 Å². The summed E-state index contributed by atoms with van der Waals surface area (Å²) in [6.45, 7) is 4.36. The molecule has 1 aliphatic carbocycles. The number of carbonyl (C=O) groups is 1. The Hall–Kier alpha value is -3.18. The van der Waals surface area contributed by atoms with E-state index in [0.717, 1.165) is 31.5 Å². The molecule has 31 heavy (non-hydrogen) atoms. The Labute approximate surface area is 183 Å². The average molecular weight is 413 g/mol. The van der Waals surface area contributed by atoms with Crippen molar-refractivity contribution >= 4 is 29.1 Å². The monoisotopic (exact) mass is 412 g/mol. The number of fused-ring (bicyclic) bond motifs is 3. The second-order valence-corrected chi connectivity index (χ2v) is 8.50. The molecule has 1 atom stereocenters. The van der Waals surface area contributed by atoms with Gasteiger partial charge in [0.05, 0.1) is 12.6 Å². The average Bonchev–Trinajstić information content (AvgIpc) is 3.10. The molecule has 5 heteroatoms. The maximum atomic E-state index is 12.5. The first-order valence-corrected chi connectivity index (χ1v) is 11.1. The zero-order chi connectivity index (χ0) is 21.2. The van der Waals surface area contributed by atoms with Gasteiger partial charge in [0.25, 0.3) is 5.91 Å². The van der Waals surface area contributed by atoms with Crippen molar-refractivity contribution in [2.24, 2.45) is 5.10 Å². The third-order valence-electron chi connectivity index (χ3n) is 6.42. The van der Waals surface area contributed by atoms with E-state index in [4.69, 9.17) is 0 Å². The number of allylic oxidation sites excluding steroid dienone is 1. The van der Waals surface area contributed by atoms with Gasteiger partial charge >= 0.3 is 0 Å². The smallest absolute Gasteiger partial charge is 0.254 e. The third-order valence-corrected chi connectivity index (χ3v) is 6.42. The van der Waals surface area contributed by atoms with E-state index in [-0.39, 0.29) is 5.91 Å². The van der Waals surface area contributed by atoms with E-state index in [2.05, 4.69) is 45.1 Å². The highest BCUT2D eigenvalue weighted by Crippen LogP contribution is 2.42. The van der Waals surface area contributed by atoms with Crippen molar-refractivity contribution in [2.75, 3.05) is 13.1 Å². The van der Waals surface area contributed by atoms with E-state index in [1.54, 1.807) is 6.21 Å². The standard InChI is InChI=1S/C26H28N4O/c1-19-12-13-23-22(17-19)21-10-5-11-24-26(21)30(23)16-15-29(24)18-25(31)28-27-14-6-9-20-7-3-2-4-8-20/h2-4,6-9,12-14,17,24H,5,10-11,15-16,18H2,1H3,(H,28,31)/b9-6+,27-14+. The maximum absolute atomic E-state index is 12.5. The lowest BCUT2D eigenvalue weighted by molar-refractivity contribution is -0.123. The Balaban J connectivity index is 1.26. The minimum Gasteiger partial charge on any atom is -0.342 e. The lowest BCUT2D eigenvalue weighted by atomic mass is 9.89. The van der Waals surface area contributed by atoms with Crippen LogP contribution in [0.5, 0.6) is 0 Å². The van der Waals surface area contributed by atoms with Gasteiger partial charge in [0.15, 0.2) is 0 Å². The van der Waals surface area contributed by atoms with Crippen LogP contribution in [0.3, 0.4) is 0 Å². The molecule has 2 heterocycles. The summed E-state index contributed by atoms with van der Waals surface area (Å²) in [4.78, 5) is 14.9. The molecule has 0 fully saturated rings. The molecular weight excluding hydrogens is 384 g/mol. The molecule has 0 saturated heterocycles. The van der Waals surface area contributed by atoms with Gasteiger partial charge in [-0.05, 0) is 55.5 Å². The number of amides is 1. The van der Waals surface area contributed by atoms with Crippen LogP contribution in [-0.4, -0.2) is 34.7 Å². The number of aryl methyl sites for hydroxylation is 2. The molecular formula is C26H28N4O. The fourth-order valence-electron chi connectivity index (χ4n) is 5.07. The number of hydrogen-bond donors (Lipinski definition) is 1. The Morgan fingerprint density at radius 3 is 2.94 bits per heavy atom. The van der Waals surface area contributed by atoms with E-state index >= 15 is 0 Å². The van der Waals surface area contributed by atoms with Crippen LogP contribution in [0.4, 0.5) is 0 Å². The SMILES string of the molecule is Cc1ccc2c(c1)c1c3n2CCN(CC(=O)N/N=C/C=C/c2ccccc2)C3CCC1. The summed E-state index contributed by atoms with van der Waals surface area (Å²) in [5.74, 6) is -0.0584. The van der Waals surface area contributed by atoms with Crippen LogP contribution in [-0.2, 0) is 17.8 Å². The minimum atomic E-state index is -0.0584. The first-order valence-electron chi connectivity index (χ1n) is 11.1. The molecule has 3 aromatic rings. The third kappa shape index (κ3) is 3.93. The number of hydrazone groups is 1. The molecule has 0 bridgehead atoms. The zero-order valence-electron chi connectivity index (χ0n) is 17.9. The van der Waals surface area contributed by atoms with Crippen LogP contribution in [0.15, 0.2) is 59.7 Å². The van der Waals surface area contributed by atoms with Crippen LogP contribution in [0.25, 0.3) is 17.0 Å². The first kappa shape index (κ1) is 19.8. The van der Waals surface area contributed by atoms with Crippen molar-refractivity contribution in [3.05, 3.63) is 77.0 Å². The number of nitrogens with zero attached hydrogens (tertiary/aromatic N) is 3. The van der Waals surface area contributed by atoms with Crippen molar-refractivity contribution in [3.63, 3.8) is 0 Å². The summed E-state index contributed by atoms with van der Waals surface area (Å²) in [5, 5.41) is 5.48. The minimum absolute atomic E-state index is 0.0584. The molecule has 2 aliphatic rings. The van der Waals surface area contributed by atoms with Gasteiger partial charge in [-0.15, -0.1) is 0 Å². The van der Waals surface area contributed by atoms with Gasteiger partial charge < -0.3 is 4.57 Å². The predicted molar refractivity (Wildman–Crippen MR) is 126 cm³/mol. The fraction of sp³-hybridized carbons (Fsp3) is 0.308. The highest BCUT2D eigenvalue weighted by atomic mass is 16.2. The molecule has 158 valence electrons. The Morgan fingerprint density at radius 2 is 2.06 bits per heavy atom. The van der Waals surface area contributed by atoms with Gasteiger partial charge in [-0.3, -0.25) is 9.69 Å². The van der Waals surface area contributed by atoms with Crippen molar-refractivity contribution < 1.29 is 4.79 Å². The highest BCUT2D eigenvalue weighted by Gasteiger charge is 2.35. The number of benzene rings is 2. The summed E-state index contributed by atoms with van der Waals surface area (Å²) < 4.78 is 2.49. The molecule has 1 amide bonds. The summed E-state index contributed by atoms with van der Waals surface area (Å²) in [7, 11) is 0. The van der Waals surface area contributed by atoms with Gasteiger partial charge in [-0.1, -0.05) is 48.0 Å². The van der Waals surface area contributed by atoms with Crippen molar-refractivity contribution in [1.82, 2.24) is 14.9 Å². The molecule has 5 nitrogen and oxygen atoms in total. The molecule has 1 unspecified atom stereocenters. The van der Waals surface area contributed by atoms with Crippen LogP contribution < -0.4 is 5.43 Å². The summed E-state index contributed by atoms with van der Waals surface area (Å²) in [6.07, 6.45) is 8.84. The molecule has 1 aliphatic heterocycles. The molecule has 1 aromatic heterocycles. The first-order chi connectivity index (χ1) is 15.2. The Bertz CT molecular complexity index is 1160. The van der Waals surface area contributed by atoms with Gasteiger partial charge in [0, 0.05) is 35.9 Å². The molecule has 2 aromatic carbocycles. The second-order valence-electron chi connectivity index (χ2n) is 8.50. The van der Waals surface area contributed by atoms with E-state index in [1.165, 1.54) is 34.1 Å². The number of nitrogens with one attached hydrogen (secondary N) is 1. The largest absolute Gasteiger partial charge is 0.342 e. The Morgan fingerprint density at radius 1 is 1.19 bits per heavy atom. The topological polar surface area (TPSA) is 49.6 Å². The lowest BCUT2D eigenvalue weighted by Gasteiger charge is -2.39. The maximum Gasteiger partial charge on any atom is 0.254 e. The highest BCUT2D eigenvalue weighted by molar-refractivity contribution is 5.87. The van der Waals surface area contributed by atoms with Crippen LogP contribution in [0.1, 0.15) is 41.3 Å². The summed E-state index contributed by atoms with van der Waals surface area (Å²) in [5.41, 5.74) is 9.36. The zero-order valence-corrected chi connectivity index (χ0v) is 17.9. The number of hydrogen-bond acceptors (Lipinski definition) is 3. The van der Waals surface area contributed by atoms with Crippen LogP contribution in [0.2, 0.25) is 0 Å². The normalized spacial score (nSPS) is 18.7.